The first-order valence-electron chi connectivity index (χ1n) is 7.19. The van der Waals surface area contributed by atoms with Gasteiger partial charge in [-0.25, -0.2) is 0 Å². The minimum Gasteiger partial charge on any atom is -0.324 e. The lowest BCUT2D eigenvalue weighted by Gasteiger charge is -2.25. The number of benzene rings is 1. The molecule has 1 atom stereocenters. The van der Waals surface area contributed by atoms with Crippen LogP contribution in [0, 0.1) is 13.8 Å². The molecule has 0 radical (unpaired) electrons. The average molecular weight is 281 g/mol. The highest BCUT2D eigenvalue weighted by atomic mass is 16.1. The summed E-state index contributed by atoms with van der Waals surface area (Å²) in [6.45, 7) is 5.35. The predicted molar refractivity (Wildman–Crippen MR) is 83.2 cm³/mol. The van der Waals surface area contributed by atoms with E-state index in [9.17, 15) is 4.79 Å². The fourth-order valence-corrected chi connectivity index (χ4v) is 2.77. The third-order valence-corrected chi connectivity index (χ3v) is 3.89. The molecule has 108 valence electrons. The number of aryl methyl sites for hydroxylation is 2. The van der Waals surface area contributed by atoms with Crippen LogP contribution in [0.2, 0.25) is 0 Å². The summed E-state index contributed by atoms with van der Waals surface area (Å²) in [5.41, 5.74) is 4.90. The maximum atomic E-state index is 12.6. The highest BCUT2D eigenvalue weighted by molar-refractivity contribution is 5.96. The SMILES string of the molecule is Cc1ccc(NC(=O)C2CNCc3ccccc32)c(C)n1. The lowest BCUT2D eigenvalue weighted by molar-refractivity contribution is -0.117. The van der Waals surface area contributed by atoms with Crippen molar-refractivity contribution in [2.45, 2.75) is 26.3 Å². The first-order chi connectivity index (χ1) is 10.1. The summed E-state index contributed by atoms with van der Waals surface area (Å²) in [7, 11) is 0. The van der Waals surface area contributed by atoms with Crippen molar-refractivity contribution in [3.05, 3.63) is 58.9 Å². The molecule has 4 heteroatoms. The Hall–Kier alpha value is -2.20. The molecule has 1 aliphatic rings. The molecule has 0 fully saturated rings. The van der Waals surface area contributed by atoms with Crippen LogP contribution in [0.25, 0.3) is 0 Å². The summed E-state index contributed by atoms with van der Waals surface area (Å²) in [6.07, 6.45) is 0. The monoisotopic (exact) mass is 281 g/mol. The van der Waals surface area contributed by atoms with E-state index in [1.165, 1.54) is 5.56 Å². The number of aromatic nitrogens is 1. The minimum absolute atomic E-state index is 0.0170. The van der Waals surface area contributed by atoms with Gasteiger partial charge in [0.15, 0.2) is 0 Å². The molecule has 1 unspecified atom stereocenters. The number of nitrogens with zero attached hydrogens (tertiary/aromatic N) is 1. The molecule has 2 N–H and O–H groups in total. The molecular formula is C17H19N3O. The number of hydrogen-bond acceptors (Lipinski definition) is 3. The zero-order chi connectivity index (χ0) is 14.8. The molecule has 1 amide bonds. The molecule has 1 aliphatic heterocycles. The van der Waals surface area contributed by atoms with E-state index >= 15 is 0 Å². The molecule has 1 aromatic heterocycles. The molecular weight excluding hydrogens is 262 g/mol. The van der Waals surface area contributed by atoms with E-state index in [2.05, 4.69) is 21.7 Å². The maximum Gasteiger partial charge on any atom is 0.233 e. The van der Waals surface area contributed by atoms with E-state index in [1.807, 2.05) is 44.2 Å². The van der Waals surface area contributed by atoms with Crippen LogP contribution in [-0.4, -0.2) is 17.4 Å². The molecule has 0 bridgehead atoms. The maximum absolute atomic E-state index is 12.6. The summed E-state index contributed by atoms with van der Waals surface area (Å²) >= 11 is 0. The van der Waals surface area contributed by atoms with Gasteiger partial charge in [0.05, 0.1) is 17.3 Å². The number of carbonyl (C=O) groups excluding carboxylic acids is 1. The Labute approximate surface area is 124 Å². The molecule has 4 nitrogen and oxygen atoms in total. The zero-order valence-electron chi connectivity index (χ0n) is 12.3. The number of carbonyl (C=O) groups is 1. The standard InChI is InChI=1S/C17H19N3O/c1-11-7-8-16(12(2)19-11)20-17(21)15-10-18-9-13-5-3-4-6-14(13)15/h3-8,15,18H,9-10H2,1-2H3,(H,20,21). The Morgan fingerprint density at radius 3 is 2.86 bits per heavy atom. The van der Waals surface area contributed by atoms with Crippen LogP contribution in [0.3, 0.4) is 0 Å². The lowest BCUT2D eigenvalue weighted by Crippen LogP contribution is -2.35. The number of fused-ring (bicyclic) bond motifs is 1. The van der Waals surface area contributed by atoms with Gasteiger partial charge in [0.2, 0.25) is 5.91 Å². The molecule has 3 rings (SSSR count). The van der Waals surface area contributed by atoms with Crippen LogP contribution >= 0.6 is 0 Å². The Kier molecular flexibility index (Phi) is 3.71. The second kappa shape index (κ2) is 5.66. The minimum atomic E-state index is -0.157. The predicted octanol–water partition coefficient (Wildman–Crippen LogP) is 2.52. The normalized spacial score (nSPS) is 17.1. The van der Waals surface area contributed by atoms with Crippen molar-refractivity contribution in [3.63, 3.8) is 0 Å². The highest BCUT2D eigenvalue weighted by Crippen LogP contribution is 2.25. The van der Waals surface area contributed by atoms with Crippen LogP contribution in [-0.2, 0) is 11.3 Å². The van der Waals surface area contributed by atoms with Gasteiger partial charge in [-0.1, -0.05) is 24.3 Å². The quantitative estimate of drug-likeness (QED) is 0.889. The fourth-order valence-electron chi connectivity index (χ4n) is 2.77. The van der Waals surface area contributed by atoms with Gasteiger partial charge in [0.1, 0.15) is 0 Å². The smallest absolute Gasteiger partial charge is 0.233 e. The van der Waals surface area contributed by atoms with Crippen LogP contribution < -0.4 is 10.6 Å². The number of amides is 1. The van der Waals surface area contributed by atoms with E-state index in [1.54, 1.807) is 0 Å². The van der Waals surface area contributed by atoms with Crippen LogP contribution in [0.1, 0.15) is 28.4 Å². The van der Waals surface area contributed by atoms with Gasteiger partial charge in [-0.15, -0.1) is 0 Å². The van der Waals surface area contributed by atoms with E-state index in [0.29, 0.717) is 6.54 Å². The number of rotatable bonds is 2. The van der Waals surface area contributed by atoms with Crippen LogP contribution in [0.15, 0.2) is 36.4 Å². The Morgan fingerprint density at radius 1 is 1.24 bits per heavy atom. The van der Waals surface area contributed by atoms with Gasteiger partial charge in [0.25, 0.3) is 0 Å². The topological polar surface area (TPSA) is 54.0 Å². The molecule has 0 saturated heterocycles. The molecule has 21 heavy (non-hydrogen) atoms. The molecule has 2 aromatic rings. The second-order valence-corrected chi connectivity index (χ2v) is 5.46. The zero-order valence-corrected chi connectivity index (χ0v) is 12.3. The van der Waals surface area contributed by atoms with Crippen molar-refractivity contribution in [2.24, 2.45) is 0 Å². The number of anilines is 1. The van der Waals surface area contributed by atoms with Gasteiger partial charge in [0, 0.05) is 18.8 Å². The first-order valence-corrected chi connectivity index (χ1v) is 7.19. The Balaban J connectivity index is 1.83. The highest BCUT2D eigenvalue weighted by Gasteiger charge is 2.26. The van der Waals surface area contributed by atoms with Crippen LogP contribution in [0.5, 0.6) is 0 Å². The van der Waals surface area contributed by atoms with Crippen molar-refractivity contribution in [3.8, 4) is 0 Å². The van der Waals surface area contributed by atoms with E-state index in [4.69, 9.17) is 0 Å². The van der Waals surface area contributed by atoms with Gasteiger partial charge >= 0.3 is 0 Å². The number of nitrogens with one attached hydrogen (secondary N) is 2. The number of hydrogen-bond donors (Lipinski definition) is 2. The number of pyridine rings is 1. The van der Waals surface area contributed by atoms with Gasteiger partial charge in [-0.3, -0.25) is 9.78 Å². The molecule has 0 saturated carbocycles. The Morgan fingerprint density at radius 2 is 2.05 bits per heavy atom. The van der Waals surface area contributed by atoms with Gasteiger partial charge in [-0.05, 0) is 37.1 Å². The first kappa shape index (κ1) is 13.8. The van der Waals surface area contributed by atoms with Crippen molar-refractivity contribution in [2.75, 3.05) is 11.9 Å². The van der Waals surface area contributed by atoms with Gasteiger partial charge in [-0.2, -0.15) is 0 Å². The lowest BCUT2D eigenvalue weighted by atomic mass is 9.90. The summed E-state index contributed by atoms with van der Waals surface area (Å²) in [6, 6.07) is 11.9. The fraction of sp³-hybridized carbons (Fsp3) is 0.294. The van der Waals surface area contributed by atoms with E-state index < -0.39 is 0 Å². The average Bonchev–Trinajstić information content (AvgIpc) is 2.49. The summed E-state index contributed by atoms with van der Waals surface area (Å²) in [4.78, 5) is 17.0. The third kappa shape index (κ3) is 2.81. The van der Waals surface area contributed by atoms with Gasteiger partial charge < -0.3 is 10.6 Å². The Bertz CT molecular complexity index is 681. The third-order valence-electron chi connectivity index (χ3n) is 3.89. The molecule has 0 spiro atoms. The molecule has 0 aliphatic carbocycles. The molecule has 2 heterocycles. The van der Waals surface area contributed by atoms with Crippen LogP contribution in [0.4, 0.5) is 5.69 Å². The van der Waals surface area contributed by atoms with Crippen molar-refractivity contribution < 1.29 is 4.79 Å². The largest absolute Gasteiger partial charge is 0.324 e. The summed E-state index contributed by atoms with van der Waals surface area (Å²) in [5, 5.41) is 6.31. The molecule has 1 aromatic carbocycles. The summed E-state index contributed by atoms with van der Waals surface area (Å²) < 4.78 is 0. The second-order valence-electron chi connectivity index (χ2n) is 5.46. The van der Waals surface area contributed by atoms with Crippen molar-refractivity contribution in [1.29, 1.82) is 0 Å². The van der Waals surface area contributed by atoms with Crippen molar-refractivity contribution in [1.82, 2.24) is 10.3 Å². The van der Waals surface area contributed by atoms with Crippen molar-refractivity contribution >= 4 is 11.6 Å². The van der Waals surface area contributed by atoms with E-state index in [-0.39, 0.29) is 11.8 Å². The summed E-state index contributed by atoms with van der Waals surface area (Å²) in [5.74, 6) is -0.140. The van der Waals surface area contributed by atoms with E-state index in [0.717, 1.165) is 29.2 Å².